The lowest BCUT2D eigenvalue weighted by Crippen LogP contribution is -2.41. The van der Waals surface area contributed by atoms with E-state index in [0.29, 0.717) is 12.4 Å². The first-order valence-electron chi connectivity index (χ1n) is 4.72. The van der Waals surface area contributed by atoms with E-state index in [4.69, 9.17) is 11.6 Å². The molecule has 0 heterocycles. The van der Waals surface area contributed by atoms with Gasteiger partial charge in [0.15, 0.2) is 0 Å². The van der Waals surface area contributed by atoms with Gasteiger partial charge in [0.2, 0.25) is 0 Å². The molecule has 0 aliphatic heterocycles. The van der Waals surface area contributed by atoms with Crippen molar-refractivity contribution in [2.75, 3.05) is 25.6 Å². The topological polar surface area (TPSA) is 21.3 Å². The minimum atomic E-state index is -4.24. The molecule has 6 heteroatoms. The van der Waals surface area contributed by atoms with Crippen molar-refractivity contribution >= 4 is 11.6 Å². The molecular formula is C9H17ClF3NO. The van der Waals surface area contributed by atoms with E-state index in [2.05, 4.69) is 10.1 Å². The molecule has 0 radical (unpaired) electrons. The Bertz CT molecular complexity index is 173. The number of hydrogen-bond acceptors (Lipinski definition) is 2. The van der Waals surface area contributed by atoms with Crippen LogP contribution in [0.3, 0.4) is 0 Å². The predicted molar refractivity (Wildman–Crippen MR) is 54.3 cm³/mol. The summed E-state index contributed by atoms with van der Waals surface area (Å²) in [6.07, 6.45) is -3.49. The average Bonchev–Trinajstić information content (AvgIpc) is 2.00. The SMILES string of the molecule is CC(C)(CCCl)NCCOCC(F)(F)F. The highest BCUT2D eigenvalue weighted by Gasteiger charge is 2.27. The predicted octanol–water partition coefficient (Wildman–Crippen LogP) is 2.56. The van der Waals surface area contributed by atoms with Gasteiger partial charge in [-0.3, -0.25) is 0 Å². The van der Waals surface area contributed by atoms with E-state index in [1.165, 1.54) is 0 Å². The smallest absolute Gasteiger partial charge is 0.371 e. The molecule has 0 rings (SSSR count). The summed E-state index contributed by atoms with van der Waals surface area (Å²) in [4.78, 5) is 0. The minimum Gasteiger partial charge on any atom is -0.371 e. The van der Waals surface area contributed by atoms with E-state index in [-0.39, 0.29) is 12.1 Å². The standard InChI is InChI=1S/C9H17ClF3NO/c1-8(2,3-4-10)14-5-6-15-7-9(11,12)13/h14H,3-7H2,1-2H3. The van der Waals surface area contributed by atoms with Gasteiger partial charge in [-0.25, -0.2) is 0 Å². The third-order valence-corrected chi connectivity index (χ3v) is 2.02. The Balaban J connectivity index is 3.46. The van der Waals surface area contributed by atoms with Crippen LogP contribution in [0.2, 0.25) is 0 Å². The van der Waals surface area contributed by atoms with Crippen molar-refractivity contribution in [3.63, 3.8) is 0 Å². The first-order chi connectivity index (χ1) is 6.77. The third-order valence-electron chi connectivity index (χ3n) is 1.84. The van der Waals surface area contributed by atoms with Gasteiger partial charge in [0.25, 0.3) is 0 Å². The molecule has 0 aromatic carbocycles. The molecule has 0 amide bonds. The van der Waals surface area contributed by atoms with Gasteiger partial charge in [0.1, 0.15) is 6.61 Å². The second kappa shape index (κ2) is 6.55. The Hall–Kier alpha value is -0.0000000000000000555. The molecule has 0 aromatic heterocycles. The van der Waals surface area contributed by atoms with Gasteiger partial charge in [-0.15, -0.1) is 11.6 Å². The van der Waals surface area contributed by atoms with Crippen LogP contribution in [0.15, 0.2) is 0 Å². The number of halogens is 4. The molecule has 0 spiro atoms. The Labute approximate surface area is 93.1 Å². The largest absolute Gasteiger partial charge is 0.411 e. The summed E-state index contributed by atoms with van der Waals surface area (Å²) in [5.41, 5.74) is -0.163. The molecule has 15 heavy (non-hydrogen) atoms. The molecule has 1 N–H and O–H groups in total. The van der Waals surface area contributed by atoms with Crippen molar-refractivity contribution in [2.24, 2.45) is 0 Å². The lowest BCUT2D eigenvalue weighted by Gasteiger charge is -2.25. The van der Waals surface area contributed by atoms with Crippen LogP contribution >= 0.6 is 11.6 Å². The molecule has 92 valence electrons. The maximum absolute atomic E-state index is 11.7. The second-order valence-corrected chi connectivity index (χ2v) is 4.30. The zero-order valence-electron chi connectivity index (χ0n) is 8.96. The summed E-state index contributed by atoms with van der Waals surface area (Å²) in [6, 6.07) is 0. The van der Waals surface area contributed by atoms with Crippen LogP contribution in [0.1, 0.15) is 20.3 Å². The van der Waals surface area contributed by atoms with E-state index in [1.807, 2.05) is 13.8 Å². The van der Waals surface area contributed by atoms with Gasteiger partial charge in [-0.2, -0.15) is 13.2 Å². The molecule has 0 unspecified atom stereocenters. The summed E-state index contributed by atoms with van der Waals surface area (Å²) >= 11 is 5.57. The highest BCUT2D eigenvalue weighted by molar-refractivity contribution is 6.17. The molecule has 2 nitrogen and oxygen atoms in total. The fourth-order valence-corrected chi connectivity index (χ4v) is 1.45. The maximum atomic E-state index is 11.7. The highest BCUT2D eigenvalue weighted by Crippen LogP contribution is 2.14. The lowest BCUT2D eigenvalue weighted by molar-refractivity contribution is -0.173. The maximum Gasteiger partial charge on any atom is 0.411 e. The van der Waals surface area contributed by atoms with Gasteiger partial charge >= 0.3 is 6.18 Å². The molecule has 0 aliphatic rings. The normalized spacial score (nSPS) is 13.2. The fraction of sp³-hybridized carbons (Fsp3) is 1.00. The summed E-state index contributed by atoms with van der Waals surface area (Å²) in [5.74, 6) is 0.517. The molecule has 0 aliphatic carbocycles. The Morgan fingerprint density at radius 3 is 2.33 bits per heavy atom. The van der Waals surface area contributed by atoms with Crippen molar-refractivity contribution < 1.29 is 17.9 Å². The molecule has 0 aromatic rings. The monoisotopic (exact) mass is 247 g/mol. The first-order valence-corrected chi connectivity index (χ1v) is 5.26. The Morgan fingerprint density at radius 2 is 1.87 bits per heavy atom. The van der Waals surface area contributed by atoms with E-state index in [9.17, 15) is 13.2 Å². The van der Waals surface area contributed by atoms with Crippen LogP contribution in [-0.2, 0) is 4.74 Å². The molecule has 0 fully saturated rings. The Kier molecular flexibility index (Phi) is 6.55. The zero-order chi connectivity index (χ0) is 11.9. The molecule has 0 saturated carbocycles. The highest BCUT2D eigenvalue weighted by atomic mass is 35.5. The number of alkyl halides is 4. The first kappa shape index (κ1) is 15.0. The average molecular weight is 248 g/mol. The Morgan fingerprint density at radius 1 is 1.27 bits per heavy atom. The molecule has 0 saturated heterocycles. The number of ether oxygens (including phenoxy) is 1. The number of nitrogens with one attached hydrogen (secondary N) is 1. The summed E-state index contributed by atoms with van der Waals surface area (Å²) in [5, 5.41) is 3.07. The zero-order valence-corrected chi connectivity index (χ0v) is 9.71. The lowest BCUT2D eigenvalue weighted by atomic mass is 10.0. The van der Waals surface area contributed by atoms with Crippen molar-refractivity contribution in [1.29, 1.82) is 0 Å². The van der Waals surface area contributed by atoms with E-state index in [0.717, 1.165) is 6.42 Å². The summed E-state index contributed by atoms with van der Waals surface area (Å²) in [7, 11) is 0. The molecular weight excluding hydrogens is 231 g/mol. The quantitative estimate of drug-likeness (QED) is 0.552. The van der Waals surface area contributed by atoms with Gasteiger partial charge in [0, 0.05) is 18.0 Å². The van der Waals surface area contributed by atoms with Gasteiger partial charge in [-0.1, -0.05) is 0 Å². The van der Waals surface area contributed by atoms with E-state index in [1.54, 1.807) is 0 Å². The third kappa shape index (κ3) is 10.3. The van der Waals surface area contributed by atoms with Crippen LogP contribution in [0, 0.1) is 0 Å². The van der Waals surface area contributed by atoms with Crippen molar-refractivity contribution in [1.82, 2.24) is 5.32 Å². The molecule has 0 atom stereocenters. The fourth-order valence-electron chi connectivity index (χ4n) is 0.974. The van der Waals surface area contributed by atoms with Crippen molar-refractivity contribution in [2.45, 2.75) is 32.0 Å². The van der Waals surface area contributed by atoms with E-state index < -0.39 is 12.8 Å². The second-order valence-electron chi connectivity index (χ2n) is 3.92. The van der Waals surface area contributed by atoms with Crippen LogP contribution in [0.25, 0.3) is 0 Å². The van der Waals surface area contributed by atoms with Crippen LogP contribution < -0.4 is 5.32 Å². The summed E-state index contributed by atoms with van der Waals surface area (Å²) < 4.78 is 39.5. The van der Waals surface area contributed by atoms with E-state index >= 15 is 0 Å². The molecule has 0 bridgehead atoms. The van der Waals surface area contributed by atoms with Crippen LogP contribution in [0.4, 0.5) is 13.2 Å². The van der Waals surface area contributed by atoms with Gasteiger partial charge in [0.05, 0.1) is 6.61 Å². The minimum absolute atomic E-state index is 0.0469. The number of rotatable bonds is 7. The summed E-state index contributed by atoms with van der Waals surface area (Å²) in [6.45, 7) is 3.13. The van der Waals surface area contributed by atoms with Crippen molar-refractivity contribution in [3.05, 3.63) is 0 Å². The van der Waals surface area contributed by atoms with Gasteiger partial charge in [-0.05, 0) is 20.3 Å². The van der Waals surface area contributed by atoms with Gasteiger partial charge < -0.3 is 10.1 Å². The number of hydrogen-bond donors (Lipinski definition) is 1. The van der Waals surface area contributed by atoms with Crippen molar-refractivity contribution in [3.8, 4) is 0 Å². The van der Waals surface area contributed by atoms with Crippen LogP contribution in [-0.4, -0.2) is 37.4 Å². The van der Waals surface area contributed by atoms with Crippen LogP contribution in [0.5, 0.6) is 0 Å².